The zero-order valence-electron chi connectivity index (χ0n) is 10.0. The Morgan fingerprint density at radius 1 is 1.06 bits per heavy atom. The highest BCUT2D eigenvalue weighted by Crippen LogP contribution is 2.20. The molecule has 2 aliphatic heterocycles. The molecule has 1 saturated heterocycles. The molecule has 1 aromatic carbocycles. The predicted molar refractivity (Wildman–Crippen MR) is 63.3 cm³/mol. The average molecular weight is 247 g/mol. The van der Waals surface area contributed by atoms with Crippen molar-refractivity contribution in [3.05, 3.63) is 35.4 Å². The van der Waals surface area contributed by atoms with Crippen LogP contribution >= 0.6 is 0 Å². The van der Waals surface area contributed by atoms with Gasteiger partial charge in [0, 0.05) is 13.5 Å². The third kappa shape index (κ3) is 2.31. The first-order valence-electron chi connectivity index (χ1n) is 5.62. The molecule has 0 unspecified atom stereocenters. The van der Waals surface area contributed by atoms with Crippen LogP contribution < -0.4 is 0 Å². The highest BCUT2D eigenvalue weighted by Gasteiger charge is 2.31. The third-order valence-corrected chi connectivity index (χ3v) is 2.79. The lowest BCUT2D eigenvalue weighted by atomic mass is 10.1. The summed E-state index contributed by atoms with van der Waals surface area (Å²) in [4.78, 5) is 33.9. The fourth-order valence-corrected chi connectivity index (χ4v) is 1.75. The molecule has 0 atom stereocenters. The summed E-state index contributed by atoms with van der Waals surface area (Å²) in [5, 5.41) is 0. The number of carbonyl (C=O) groups excluding carboxylic acids is 3. The smallest absolute Gasteiger partial charge is 0.261 e. The Hall–Kier alpha value is -2.01. The van der Waals surface area contributed by atoms with Crippen LogP contribution in [-0.4, -0.2) is 42.8 Å². The van der Waals surface area contributed by atoms with Crippen LogP contribution in [0.25, 0.3) is 0 Å². The van der Waals surface area contributed by atoms with Crippen molar-refractivity contribution >= 4 is 17.6 Å². The molecule has 0 spiro atoms. The van der Waals surface area contributed by atoms with E-state index in [0.29, 0.717) is 30.8 Å². The van der Waals surface area contributed by atoms with E-state index in [-0.39, 0.29) is 17.6 Å². The number of benzene rings is 1. The van der Waals surface area contributed by atoms with E-state index >= 15 is 0 Å². The molecular formula is C13H13NO4. The monoisotopic (exact) mass is 247 g/mol. The van der Waals surface area contributed by atoms with Gasteiger partial charge >= 0.3 is 0 Å². The SMILES string of the molecule is CN1C(=O)c2ccccc2C1=O.O=C1CCOC1. The van der Waals surface area contributed by atoms with E-state index < -0.39 is 0 Å². The van der Waals surface area contributed by atoms with Crippen molar-refractivity contribution in [2.75, 3.05) is 20.3 Å². The number of ether oxygens (including phenoxy) is 1. The molecule has 0 aromatic heterocycles. The van der Waals surface area contributed by atoms with Gasteiger partial charge in [-0.15, -0.1) is 0 Å². The van der Waals surface area contributed by atoms with Gasteiger partial charge in [0.05, 0.1) is 17.7 Å². The highest BCUT2D eigenvalue weighted by atomic mass is 16.5. The number of Topliss-reactive ketones (excluding diaryl/α,β-unsaturated/α-hetero) is 1. The van der Waals surface area contributed by atoms with Crippen molar-refractivity contribution < 1.29 is 19.1 Å². The summed E-state index contributed by atoms with van der Waals surface area (Å²) in [7, 11) is 1.49. The molecule has 0 radical (unpaired) electrons. The largest absolute Gasteiger partial charge is 0.373 e. The molecule has 0 N–H and O–H groups in total. The number of amides is 2. The van der Waals surface area contributed by atoms with Crippen LogP contribution in [0.1, 0.15) is 27.1 Å². The van der Waals surface area contributed by atoms with Crippen LogP contribution in [0.3, 0.4) is 0 Å². The maximum atomic E-state index is 11.3. The second-order valence-corrected chi connectivity index (χ2v) is 4.06. The van der Waals surface area contributed by atoms with Gasteiger partial charge in [-0.1, -0.05) is 12.1 Å². The van der Waals surface area contributed by atoms with Gasteiger partial charge in [-0.2, -0.15) is 0 Å². The summed E-state index contributed by atoms with van der Waals surface area (Å²) >= 11 is 0. The molecule has 3 rings (SSSR count). The van der Waals surface area contributed by atoms with E-state index in [9.17, 15) is 14.4 Å². The normalized spacial score (nSPS) is 17.6. The first kappa shape index (κ1) is 12.4. The highest BCUT2D eigenvalue weighted by molar-refractivity contribution is 6.21. The Labute approximate surface area is 104 Å². The maximum Gasteiger partial charge on any atom is 0.261 e. The number of carbonyl (C=O) groups is 3. The molecule has 0 saturated carbocycles. The number of ketones is 1. The van der Waals surface area contributed by atoms with Gasteiger partial charge in [0.25, 0.3) is 11.8 Å². The quantitative estimate of drug-likeness (QED) is 0.639. The minimum atomic E-state index is -0.212. The molecule has 5 nitrogen and oxygen atoms in total. The van der Waals surface area contributed by atoms with E-state index in [0.717, 1.165) is 4.90 Å². The van der Waals surface area contributed by atoms with E-state index in [1.165, 1.54) is 7.05 Å². The molecule has 2 heterocycles. The molecule has 0 bridgehead atoms. The van der Waals surface area contributed by atoms with Crippen LogP contribution in [0, 0.1) is 0 Å². The van der Waals surface area contributed by atoms with Gasteiger partial charge in [-0.3, -0.25) is 19.3 Å². The van der Waals surface area contributed by atoms with E-state index in [1.807, 2.05) is 0 Å². The number of fused-ring (bicyclic) bond motifs is 1. The summed E-state index contributed by atoms with van der Waals surface area (Å²) in [6.07, 6.45) is 0.625. The van der Waals surface area contributed by atoms with Crippen LogP contribution in [0.4, 0.5) is 0 Å². The summed E-state index contributed by atoms with van der Waals surface area (Å²) in [6, 6.07) is 6.84. The zero-order chi connectivity index (χ0) is 13.1. The topological polar surface area (TPSA) is 63.7 Å². The van der Waals surface area contributed by atoms with Gasteiger partial charge in [-0.25, -0.2) is 0 Å². The third-order valence-electron chi connectivity index (χ3n) is 2.79. The molecule has 18 heavy (non-hydrogen) atoms. The number of hydrogen-bond acceptors (Lipinski definition) is 4. The Kier molecular flexibility index (Phi) is 3.53. The lowest BCUT2D eigenvalue weighted by Gasteiger charge is -2.02. The van der Waals surface area contributed by atoms with Crippen LogP contribution in [0.15, 0.2) is 24.3 Å². The Morgan fingerprint density at radius 3 is 1.94 bits per heavy atom. The average Bonchev–Trinajstić information content (AvgIpc) is 2.94. The molecule has 5 heteroatoms. The van der Waals surface area contributed by atoms with Gasteiger partial charge < -0.3 is 4.74 Å². The van der Waals surface area contributed by atoms with Crippen molar-refractivity contribution in [2.45, 2.75) is 6.42 Å². The summed E-state index contributed by atoms with van der Waals surface area (Å²) in [5.74, 6) is -0.193. The molecule has 2 amide bonds. The van der Waals surface area contributed by atoms with Crippen LogP contribution in [0.5, 0.6) is 0 Å². The van der Waals surface area contributed by atoms with Gasteiger partial charge in [-0.05, 0) is 12.1 Å². The first-order valence-corrected chi connectivity index (χ1v) is 5.62. The van der Waals surface area contributed by atoms with Crippen molar-refractivity contribution in [2.24, 2.45) is 0 Å². The minimum absolute atomic E-state index is 0.212. The van der Waals surface area contributed by atoms with Crippen LogP contribution in [0.2, 0.25) is 0 Å². The van der Waals surface area contributed by atoms with Crippen molar-refractivity contribution in [1.29, 1.82) is 0 Å². The van der Waals surface area contributed by atoms with Crippen molar-refractivity contribution in [1.82, 2.24) is 4.90 Å². The second kappa shape index (κ2) is 5.10. The number of hydrogen-bond donors (Lipinski definition) is 0. The van der Waals surface area contributed by atoms with Gasteiger partial charge in [0.1, 0.15) is 6.61 Å². The first-order chi connectivity index (χ1) is 8.61. The standard InChI is InChI=1S/C9H7NO2.C4H6O2/c1-10-8(11)6-4-2-3-5-7(6)9(10)12;5-4-1-2-6-3-4/h2-5H,1H3;1-3H2. The zero-order valence-corrected chi connectivity index (χ0v) is 10.0. The summed E-state index contributed by atoms with van der Waals surface area (Å²) < 4.78 is 4.71. The number of rotatable bonds is 0. The Bertz CT molecular complexity index is 466. The number of imide groups is 1. The Balaban J connectivity index is 0.000000169. The molecule has 2 aliphatic rings. The maximum absolute atomic E-state index is 11.3. The Morgan fingerprint density at radius 2 is 1.61 bits per heavy atom. The van der Waals surface area contributed by atoms with Gasteiger partial charge in [0.2, 0.25) is 0 Å². The van der Waals surface area contributed by atoms with E-state index in [4.69, 9.17) is 4.74 Å². The molecule has 1 aromatic rings. The van der Waals surface area contributed by atoms with Crippen molar-refractivity contribution in [3.8, 4) is 0 Å². The minimum Gasteiger partial charge on any atom is -0.373 e. The fraction of sp³-hybridized carbons (Fsp3) is 0.308. The second-order valence-electron chi connectivity index (χ2n) is 4.06. The predicted octanol–water partition coefficient (Wildman–Crippen LogP) is 0.888. The lowest BCUT2D eigenvalue weighted by Crippen LogP contribution is -2.24. The van der Waals surface area contributed by atoms with Crippen LogP contribution in [-0.2, 0) is 9.53 Å². The molecular weight excluding hydrogens is 234 g/mol. The molecule has 1 fully saturated rings. The van der Waals surface area contributed by atoms with E-state index in [1.54, 1.807) is 24.3 Å². The summed E-state index contributed by atoms with van der Waals surface area (Å²) in [6.45, 7) is 0.985. The van der Waals surface area contributed by atoms with E-state index in [2.05, 4.69) is 0 Å². The fourth-order valence-electron chi connectivity index (χ4n) is 1.75. The number of nitrogens with zero attached hydrogens (tertiary/aromatic N) is 1. The molecule has 94 valence electrons. The van der Waals surface area contributed by atoms with Gasteiger partial charge in [0.15, 0.2) is 5.78 Å². The molecule has 0 aliphatic carbocycles. The summed E-state index contributed by atoms with van der Waals surface area (Å²) in [5.41, 5.74) is 1.01. The lowest BCUT2D eigenvalue weighted by molar-refractivity contribution is -0.117. The van der Waals surface area contributed by atoms with Crippen molar-refractivity contribution in [3.63, 3.8) is 0 Å².